The second kappa shape index (κ2) is 6.71. The number of phenols is 1. The van der Waals surface area contributed by atoms with Gasteiger partial charge in [0, 0.05) is 29.3 Å². The maximum absolute atomic E-state index is 10.0. The Hall–Kier alpha value is -1.52. The standard InChI is InChI=1S/C17H16BrClN2O/c18-13-9-12(17(22)14(19)10-13)11-20-15-5-1-2-6-16(15)21-7-3-4-8-21/h1-2,5-6,9-11,22H,3-4,7-8H2. The molecule has 22 heavy (non-hydrogen) atoms. The smallest absolute Gasteiger partial charge is 0.143 e. The van der Waals surface area contributed by atoms with Crippen molar-refractivity contribution in [3.63, 3.8) is 0 Å². The van der Waals surface area contributed by atoms with Crippen LogP contribution in [0.5, 0.6) is 5.75 Å². The van der Waals surface area contributed by atoms with E-state index in [2.05, 4.69) is 31.9 Å². The van der Waals surface area contributed by atoms with Crippen LogP contribution in [0.25, 0.3) is 0 Å². The van der Waals surface area contributed by atoms with Crippen LogP contribution in [0.4, 0.5) is 11.4 Å². The average molecular weight is 380 g/mol. The van der Waals surface area contributed by atoms with Gasteiger partial charge in [-0.05, 0) is 37.1 Å². The highest BCUT2D eigenvalue weighted by Gasteiger charge is 2.15. The summed E-state index contributed by atoms with van der Waals surface area (Å²) in [5.41, 5.74) is 2.63. The van der Waals surface area contributed by atoms with Crippen molar-refractivity contribution in [1.29, 1.82) is 0 Å². The highest BCUT2D eigenvalue weighted by atomic mass is 79.9. The van der Waals surface area contributed by atoms with Crippen LogP contribution in [0.2, 0.25) is 5.02 Å². The summed E-state index contributed by atoms with van der Waals surface area (Å²) in [6.45, 7) is 2.14. The molecule has 2 aromatic rings. The molecule has 1 saturated heterocycles. The molecule has 1 aliphatic rings. The molecule has 1 N–H and O–H groups in total. The summed E-state index contributed by atoms with van der Waals surface area (Å²) in [6.07, 6.45) is 4.10. The summed E-state index contributed by atoms with van der Waals surface area (Å²) in [4.78, 5) is 6.91. The molecule has 0 saturated carbocycles. The zero-order chi connectivity index (χ0) is 15.5. The van der Waals surface area contributed by atoms with Gasteiger partial charge in [-0.25, -0.2) is 0 Å². The van der Waals surface area contributed by atoms with E-state index in [0.717, 1.165) is 28.9 Å². The van der Waals surface area contributed by atoms with Crippen LogP contribution >= 0.6 is 27.5 Å². The number of para-hydroxylation sites is 2. The zero-order valence-corrected chi connectivity index (χ0v) is 14.3. The van der Waals surface area contributed by atoms with Crippen LogP contribution in [0.3, 0.4) is 0 Å². The number of halogens is 2. The summed E-state index contributed by atoms with van der Waals surface area (Å²) >= 11 is 9.36. The molecule has 0 aromatic heterocycles. The topological polar surface area (TPSA) is 35.8 Å². The van der Waals surface area contributed by atoms with Gasteiger partial charge in [-0.15, -0.1) is 0 Å². The van der Waals surface area contributed by atoms with Crippen LogP contribution < -0.4 is 4.90 Å². The SMILES string of the molecule is Oc1c(Cl)cc(Br)cc1C=Nc1ccccc1N1CCCC1. The highest BCUT2D eigenvalue weighted by Crippen LogP contribution is 2.33. The maximum Gasteiger partial charge on any atom is 0.143 e. The predicted molar refractivity (Wildman–Crippen MR) is 96.0 cm³/mol. The molecule has 0 atom stereocenters. The first kappa shape index (κ1) is 15.4. The lowest BCUT2D eigenvalue weighted by Gasteiger charge is -2.19. The van der Waals surface area contributed by atoms with Crippen LogP contribution in [0.1, 0.15) is 18.4 Å². The second-order valence-electron chi connectivity index (χ2n) is 5.27. The van der Waals surface area contributed by atoms with E-state index in [1.54, 1.807) is 18.3 Å². The summed E-state index contributed by atoms with van der Waals surface area (Å²) in [6, 6.07) is 11.5. The van der Waals surface area contributed by atoms with E-state index < -0.39 is 0 Å². The minimum atomic E-state index is 0.0484. The largest absolute Gasteiger partial charge is 0.506 e. The average Bonchev–Trinajstić information content (AvgIpc) is 3.04. The van der Waals surface area contributed by atoms with Crippen molar-refractivity contribution in [3.05, 3.63) is 51.5 Å². The zero-order valence-electron chi connectivity index (χ0n) is 12.0. The van der Waals surface area contributed by atoms with Gasteiger partial charge in [-0.3, -0.25) is 4.99 Å². The van der Waals surface area contributed by atoms with E-state index >= 15 is 0 Å². The molecule has 2 aromatic carbocycles. The molecule has 5 heteroatoms. The van der Waals surface area contributed by atoms with Crippen LogP contribution in [0.15, 0.2) is 45.9 Å². The molecule has 3 rings (SSSR count). The Balaban J connectivity index is 1.93. The minimum absolute atomic E-state index is 0.0484. The van der Waals surface area contributed by atoms with Gasteiger partial charge in [-0.1, -0.05) is 39.7 Å². The Bertz CT molecular complexity index is 712. The van der Waals surface area contributed by atoms with Crippen molar-refractivity contribution in [1.82, 2.24) is 0 Å². The fourth-order valence-electron chi connectivity index (χ4n) is 2.62. The van der Waals surface area contributed by atoms with Crippen molar-refractivity contribution in [3.8, 4) is 5.75 Å². The Labute approximate surface area is 143 Å². The molecule has 0 spiro atoms. The van der Waals surface area contributed by atoms with Gasteiger partial charge in [-0.2, -0.15) is 0 Å². The van der Waals surface area contributed by atoms with Crippen molar-refractivity contribution in [2.45, 2.75) is 12.8 Å². The van der Waals surface area contributed by atoms with Gasteiger partial charge < -0.3 is 10.0 Å². The van der Waals surface area contributed by atoms with E-state index in [1.807, 2.05) is 18.2 Å². The number of anilines is 1. The molecule has 0 unspecified atom stereocenters. The van der Waals surface area contributed by atoms with Gasteiger partial charge in [0.1, 0.15) is 5.75 Å². The van der Waals surface area contributed by atoms with Crippen LogP contribution in [-0.4, -0.2) is 24.4 Å². The molecule has 0 bridgehead atoms. The Kier molecular flexibility index (Phi) is 4.69. The van der Waals surface area contributed by atoms with Gasteiger partial charge in [0.15, 0.2) is 0 Å². The first-order chi connectivity index (χ1) is 10.6. The third-order valence-electron chi connectivity index (χ3n) is 3.73. The van der Waals surface area contributed by atoms with Crippen molar-refractivity contribution in [2.75, 3.05) is 18.0 Å². The number of hydrogen-bond donors (Lipinski definition) is 1. The second-order valence-corrected chi connectivity index (χ2v) is 6.59. The normalized spacial score (nSPS) is 14.9. The lowest BCUT2D eigenvalue weighted by atomic mass is 10.2. The van der Waals surface area contributed by atoms with Gasteiger partial charge in [0.05, 0.1) is 16.4 Å². The molecule has 0 radical (unpaired) electrons. The number of benzene rings is 2. The quantitative estimate of drug-likeness (QED) is 0.748. The fraction of sp³-hybridized carbons (Fsp3) is 0.235. The predicted octanol–water partition coefficient (Wildman–Crippen LogP) is 5.16. The first-order valence-corrected chi connectivity index (χ1v) is 8.38. The van der Waals surface area contributed by atoms with E-state index in [-0.39, 0.29) is 5.75 Å². The number of nitrogens with zero attached hydrogens (tertiary/aromatic N) is 2. The van der Waals surface area contributed by atoms with E-state index in [0.29, 0.717) is 10.6 Å². The Morgan fingerprint density at radius 3 is 2.68 bits per heavy atom. The number of aromatic hydroxyl groups is 1. The lowest BCUT2D eigenvalue weighted by molar-refractivity contribution is 0.474. The van der Waals surface area contributed by atoms with E-state index in [4.69, 9.17) is 11.6 Å². The first-order valence-electron chi connectivity index (χ1n) is 7.21. The molecule has 114 valence electrons. The number of phenolic OH excluding ortho intramolecular Hbond substituents is 1. The number of aliphatic imine (C=N–C) groups is 1. The molecule has 3 nitrogen and oxygen atoms in total. The third-order valence-corrected chi connectivity index (χ3v) is 4.47. The Morgan fingerprint density at radius 1 is 1.18 bits per heavy atom. The molecular weight excluding hydrogens is 364 g/mol. The van der Waals surface area contributed by atoms with Gasteiger partial charge in [0.25, 0.3) is 0 Å². The van der Waals surface area contributed by atoms with Crippen molar-refractivity contribution >= 4 is 45.1 Å². The number of hydrogen-bond acceptors (Lipinski definition) is 3. The summed E-state index contributed by atoms with van der Waals surface area (Å²) in [5.74, 6) is 0.0484. The molecule has 1 heterocycles. The molecular formula is C17H16BrClN2O. The van der Waals surface area contributed by atoms with Crippen molar-refractivity contribution in [2.24, 2.45) is 4.99 Å². The van der Waals surface area contributed by atoms with E-state index in [1.165, 1.54) is 12.8 Å². The van der Waals surface area contributed by atoms with Crippen molar-refractivity contribution < 1.29 is 5.11 Å². The third kappa shape index (κ3) is 3.28. The Morgan fingerprint density at radius 2 is 1.91 bits per heavy atom. The molecule has 0 amide bonds. The summed E-state index contributed by atoms with van der Waals surface area (Å²) in [5, 5.41) is 10.3. The highest BCUT2D eigenvalue weighted by molar-refractivity contribution is 9.10. The molecule has 1 fully saturated rings. The lowest BCUT2D eigenvalue weighted by Crippen LogP contribution is -2.17. The maximum atomic E-state index is 10.0. The van der Waals surface area contributed by atoms with Gasteiger partial charge >= 0.3 is 0 Å². The monoisotopic (exact) mass is 378 g/mol. The van der Waals surface area contributed by atoms with Crippen LogP contribution in [-0.2, 0) is 0 Å². The summed E-state index contributed by atoms with van der Waals surface area (Å²) < 4.78 is 0.810. The van der Waals surface area contributed by atoms with Crippen LogP contribution in [0, 0.1) is 0 Å². The summed E-state index contributed by atoms with van der Waals surface area (Å²) in [7, 11) is 0. The van der Waals surface area contributed by atoms with Gasteiger partial charge in [0.2, 0.25) is 0 Å². The number of rotatable bonds is 3. The molecule has 1 aliphatic heterocycles. The fourth-order valence-corrected chi connectivity index (χ4v) is 3.46. The molecule has 0 aliphatic carbocycles. The van der Waals surface area contributed by atoms with E-state index in [9.17, 15) is 5.11 Å². The minimum Gasteiger partial charge on any atom is -0.506 e.